The zero-order valence-electron chi connectivity index (χ0n) is 8.83. The van der Waals surface area contributed by atoms with Crippen LogP contribution in [0.25, 0.3) is 0 Å². The number of alkyl halides is 1. The second-order valence-corrected chi connectivity index (χ2v) is 3.99. The largest absolute Gasteiger partial charge is 0.506 e. The van der Waals surface area contributed by atoms with Gasteiger partial charge in [-0.1, -0.05) is 0 Å². The number of fused-ring (bicyclic) bond motifs is 1. The highest BCUT2D eigenvalue weighted by molar-refractivity contribution is 6.28. The van der Waals surface area contributed by atoms with E-state index in [2.05, 4.69) is 10.3 Å². The SMILES string of the molecule is NC(CCl)=Nc1ccc(O)c2c1CCCN2. The molecule has 0 saturated carbocycles. The highest BCUT2D eigenvalue weighted by Crippen LogP contribution is 2.37. The molecule has 0 aliphatic carbocycles. The number of aromatic hydroxyl groups is 1. The molecule has 0 radical (unpaired) electrons. The van der Waals surface area contributed by atoms with Crippen molar-refractivity contribution in [2.45, 2.75) is 12.8 Å². The van der Waals surface area contributed by atoms with Gasteiger partial charge in [-0.15, -0.1) is 11.6 Å². The van der Waals surface area contributed by atoms with Crippen LogP contribution in [0.3, 0.4) is 0 Å². The number of nitrogens with two attached hydrogens (primary N) is 1. The summed E-state index contributed by atoms with van der Waals surface area (Å²) in [4.78, 5) is 4.24. The Hall–Kier alpha value is -1.42. The predicted molar refractivity (Wildman–Crippen MR) is 66.9 cm³/mol. The van der Waals surface area contributed by atoms with E-state index in [1.807, 2.05) is 0 Å². The molecule has 86 valence electrons. The van der Waals surface area contributed by atoms with Crippen molar-refractivity contribution in [2.75, 3.05) is 17.7 Å². The van der Waals surface area contributed by atoms with Crippen LogP contribution in [0.5, 0.6) is 5.75 Å². The van der Waals surface area contributed by atoms with Gasteiger partial charge < -0.3 is 16.2 Å². The average molecular weight is 240 g/mol. The lowest BCUT2D eigenvalue weighted by Gasteiger charge is -2.20. The summed E-state index contributed by atoms with van der Waals surface area (Å²) < 4.78 is 0. The van der Waals surface area contributed by atoms with Crippen molar-refractivity contribution < 1.29 is 5.11 Å². The number of benzene rings is 1. The molecule has 0 amide bonds. The number of phenols is 1. The summed E-state index contributed by atoms with van der Waals surface area (Å²) in [5.41, 5.74) is 8.19. The van der Waals surface area contributed by atoms with Crippen LogP contribution in [0, 0.1) is 0 Å². The first-order chi connectivity index (χ1) is 7.72. The first-order valence-corrected chi connectivity index (χ1v) is 5.73. The van der Waals surface area contributed by atoms with E-state index in [0.717, 1.165) is 36.3 Å². The first kappa shape index (κ1) is 11.1. The van der Waals surface area contributed by atoms with E-state index < -0.39 is 0 Å². The summed E-state index contributed by atoms with van der Waals surface area (Å²) in [5.74, 6) is 0.863. The molecule has 5 heteroatoms. The van der Waals surface area contributed by atoms with Crippen LogP contribution >= 0.6 is 11.6 Å². The molecule has 1 aliphatic rings. The van der Waals surface area contributed by atoms with Gasteiger partial charge in [0.15, 0.2) is 0 Å². The van der Waals surface area contributed by atoms with Gasteiger partial charge in [0.05, 0.1) is 17.3 Å². The Kier molecular flexibility index (Phi) is 3.19. The quantitative estimate of drug-likeness (QED) is 0.320. The van der Waals surface area contributed by atoms with Gasteiger partial charge in [-0.3, -0.25) is 0 Å². The molecule has 1 aromatic carbocycles. The van der Waals surface area contributed by atoms with Crippen LogP contribution in [0.4, 0.5) is 11.4 Å². The average Bonchev–Trinajstić information content (AvgIpc) is 2.33. The molecule has 1 heterocycles. The summed E-state index contributed by atoms with van der Waals surface area (Å²) in [7, 11) is 0. The van der Waals surface area contributed by atoms with E-state index in [0.29, 0.717) is 5.84 Å². The number of rotatable bonds is 2. The number of aliphatic imine (C=N–C) groups is 1. The van der Waals surface area contributed by atoms with Crippen LogP contribution in [-0.2, 0) is 6.42 Å². The summed E-state index contributed by atoms with van der Waals surface area (Å²) in [5, 5.41) is 12.9. The van der Waals surface area contributed by atoms with Gasteiger partial charge in [-0.25, -0.2) is 4.99 Å². The van der Waals surface area contributed by atoms with Gasteiger partial charge in [-0.05, 0) is 25.0 Å². The molecule has 0 bridgehead atoms. The monoisotopic (exact) mass is 239 g/mol. The molecule has 0 saturated heterocycles. The zero-order valence-corrected chi connectivity index (χ0v) is 9.59. The van der Waals surface area contributed by atoms with E-state index in [9.17, 15) is 5.11 Å². The Morgan fingerprint density at radius 3 is 3.12 bits per heavy atom. The Morgan fingerprint density at radius 1 is 1.56 bits per heavy atom. The Balaban J connectivity index is 2.47. The molecular formula is C11H14ClN3O. The summed E-state index contributed by atoms with van der Waals surface area (Å²) in [6.07, 6.45) is 1.92. The predicted octanol–water partition coefficient (Wildman–Crippen LogP) is 1.98. The topological polar surface area (TPSA) is 70.6 Å². The van der Waals surface area contributed by atoms with Gasteiger partial charge >= 0.3 is 0 Å². The molecule has 0 unspecified atom stereocenters. The fourth-order valence-electron chi connectivity index (χ4n) is 1.84. The minimum Gasteiger partial charge on any atom is -0.506 e. The normalized spacial score (nSPS) is 15.4. The highest BCUT2D eigenvalue weighted by Gasteiger charge is 2.16. The maximum absolute atomic E-state index is 9.70. The Morgan fingerprint density at radius 2 is 2.38 bits per heavy atom. The molecule has 0 atom stereocenters. The molecule has 4 N–H and O–H groups in total. The van der Waals surface area contributed by atoms with Crippen molar-refractivity contribution in [1.82, 2.24) is 0 Å². The molecule has 1 aliphatic heterocycles. The van der Waals surface area contributed by atoms with Crippen molar-refractivity contribution in [2.24, 2.45) is 10.7 Å². The molecule has 2 rings (SSSR count). The summed E-state index contributed by atoms with van der Waals surface area (Å²) >= 11 is 5.60. The number of hydrogen-bond acceptors (Lipinski definition) is 3. The second kappa shape index (κ2) is 4.61. The number of nitrogens with zero attached hydrogens (tertiary/aromatic N) is 1. The van der Waals surface area contributed by atoms with Gasteiger partial charge in [0.25, 0.3) is 0 Å². The van der Waals surface area contributed by atoms with Gasteiger partial charge in [0.1, 0.15) is 11.6 Å². The molecule has 0 spiro atoms. The third kappa shape index (κ3) is 2.07. The van der Waals surface area contributed by atoms with Crippen molar-refractivity contribution in [3.63, 3.8) is 0 Å². The molecule has 4 nitrogen and oxygen atoms in total. The smallest absolute Gasteiger partial charge is 0.139 e. The lowest BCUT2D eigenvalue weighted by atomic mass is 10.0. The van der Waals surface area contributed by atoms with Crippen molar-refractivity contribution in [3.8, 4) is 5.75 Å². The van der Waals surface area contributed by atoms with Gasteiger partial charge in [0.2, 0.25) is 0 Å². The van der Waals surface area contributed by atoms with Gasteiger partial charge in [0, 0.05) is 12.1 Å². The third-order valence-corrected chi connectivity index (χ3v) is 2.85. The van der Waals surface area contributed by atoms with Crippen LogP contribution in [0.15, 0.2) is 17.1 Å². The summed E-state index contributed by atoms with van der Waals surface area (Å²) in [6.45, 7) is 0.874. The van der Waals surface area contributed by atoms with Crippen LogP contribution in [0.2, 0.25) is 0 Å². The number of nitrogens with one attached hydrogen (secondary N) is 1. The zero-order chi connectivity index (χ0) is 11.5. The van der Waals surface area contributed by atoms with Crippen LogP contribution < -0.4 is 11.1 Å². The number of halogens is 1. The van der Waals surface area contributed by atoms with E-state index in [1.54, 1.807) is 12.1 Å². The number of anilines is 1. The minimum atomic E-state index is 0.211. The molecule has 16 heavy (non-hydrogen) atoms. The van der Waals surface area contributed by atoms with Crippen molar-refractivity contribution >= 4 is 28.8 Å². The third-order valence-electron chi connectivity index (χ3n) is 2.57. The maximum Gasteiger partial charge on any atom is 0.139 e. The van der Waals surface area contributed by atoms with E-state index >= 15 is 0 Å². The van der Waals surface area contributed by atoms with Crippen LogP contribution in [-0.4, -0.2) is 23.4 Å². The second-order valence-electron chi connectivity index (χ2n) is 3.72. The molecule has 0 aromatic heterocycles. The Labute approximate surface area is 99.1 Å². The molecule has 0 fully saturated rings. The van der Waals surface area contributed by atoms with E-state index in [4.69, 9.17) is 17.3 Å². The van der Waals surface area contributed by atoms with E-state index in [-0.39, 0.29) is 11.6 Å². The summed E-state index contributed by atoms with van der Waals surface area (Å²) in [6, 6.07) is 3.39. The fourth-order valence-corrected chi connectivity index (χ4v) is 1.90. The maximum atomic E-state index is 9.70. The molecule has 1 aromatic rings. The highest BCUT2D eigenvalue weighted by atomic mass is 35.5. The minimum absolute atomic E-state index is 0.211. The van der Waals surface area contributed by atoms with Crippen molar-refractivity contribution in [3.05, 3.63) is 17.7 Å². The van der Waals surface area contributed by atoms with Gasteiger partial charge in [-0.2, -0.15) is 0 Å². The molecular weight excluding hydrogens is 226 g/mol. The number of phenolic OH excluding ortho intramolecular Hbond substituents is 1. The lowest BCUT2D eigenvalue weighted by molar-refractivity contribution is 0.475. The lowest BCUT2D eigenvalue weighted by Crippen LogP contribution is -2.14. The van der Waals surface area contributed by atoms with Crippen LogP contribution in [0.1, 0.15) is 12.0 Å². The van der Waals surface area contributed by atoms with E-state index in [1.165, 1.54) is 0 Å². The first-order valence-electron chi connectivity index (χ1n) is 5.20. The standard InChI is InChI=1S/C11H14ClN3O/c12-6-10(13)15-8-3-4-9(16)11-7(8)2-1-5-14-11/h3-4,14,16H,1-2,5-6H2,(H2,13,15). The van der Waals surface area contributed by atoms with Crippen molar-refractivity contribution in [1.29, 1.82) is 0 Å². The Bertz CT molecular complexity index is 431. The number of amidine groups is 1. The number of hydrogen-bond donors (Lipinski definition) is 3. The fraction of sp³-hybridized carbons (Fsp3) is 0.364.